The van der Waals surface area contributed by atoms with E-state index in [0.29, 0.717) is 24.3 Å². The summed E-state index contributed by atoms with van der Waals surface area (Å²) in [5.41, 5.74) is 4.17. The van der Waals surface area contributed by atoms with Gasteiger partial charge in [-0.3, -0.25) is 9.59 Å². The Kier molecular flexibility index (Phi) is 5.91. The summed E-state index contributed by atoms with van der Waals surface area (Å²) in [4.78, 5) is 26.5. The lowest BCUT2D eigenvalue weighted by Gasteiger charge is -2.30. The van der Waals surface area contributed by atoms with E-state index in [9.17, 15) is 14.0 Å². The van der Waals surface area contributed by atoms with Gasteiger partial charge < -0.3 is 15.0 Å². The summed E-state index contributed by atoms with van der Waals surface area (Å²) in [6, 6.07) is 6.56. The lowest BCUT2D eigenvalue weighted by Crippen LogP contribution is -2.38. The second-order valence-electron chi connectivity index (χ2n) is 7.63. The number of fused-ring (bicyclic) bond motifs is 1. The number of carbonyl (C=O) groups is 2. The van der Waals surface area contributed by atoms with Crippen molar-refractivity contribution in [1.29, 1.82) is 0 Å². The SMILES string of the molecule is CNC(=O)c1ccc(Cc2cc3c(c(C)c2C)OCC[C@@H](C)N(C)C3=O)cc1F. The second-order valence-corrected chi connectivity index (χ2v) is 7.63. The molecule has 2 amide bonds. The van der Waals surface area contributed by atoms with Crippen LogP contribution in [-0.4, -0.2) is 43.5 Å². The monoisotopic (exact) mass is 398 g/mol. The summed E-state index contributed by atoms with van der Waals surface area (Å²) in [5, 5.41) is 2.43. The highest BCUT2D eigenvalue weighted by Crippen LogP contribution is 2.33. The van der Waals surface area contributed by atoms with Crippen LogP contribution in [0.15, 0.2) is 24.3 Å². The highest BCUT2D eigenvalue weighted by Gasteiger charge is 2.27. The van der Waals surface area contributed by atoms with Crippen molar-refractivity contribution in [2.45, 2.75) is 39.7 Å². The number of carbonyl (C=O) groups excluding carboxylic acids is 2. The minimum atomic E-state index is -0.560. The zero-order valence-electron chi connectivity index (χ0n) is 17.6. The van der Waals surface area contributed by atoms with E-state index in [2.05, 4.69) is 5.32 Å². The van der Waals surface area contributed by atoms with Crippen molar-refractivity contribution in [3.8, 4) is 5.75 Å². The molecule has 0 unspecified atom stereocenters. The largest absolute Gasteiger partial charge is 0.492 e. The molecule has 1 aliphatic rings. The molecule has 6 heteroatoms. The van der Waals surface area contributed by atoms with E-state index >= 15 is 0 Å². The van der Waals surface area contributed by atoms with Crippen LogP contribution >= 0.6 is 0 Å². The van der Waals surface area contributed by atoms with Gasteiger partial charge in [-0.05, 0) is 67.6 Å². The Morgan fingerprint density at radius 1 is 1.28 bits per heavy atom. The number of nitrogens with zero attached hydrogens (tertiary/aromatic N) is 1. The van der Waals surface area contributed by atoms with Crippen molar-refractivity contribution in [2.75, 3.05) is 20.7 Å². The van der Waals surface area contributed by atoms with E-state index in [1.165, 1.54) is 19.2 Å². The summed E-state index contributed by atoms with van der Waals surface area (Å²) < 4.78 is 20.3. The van der Waals surface area contributed by atoms with Crippen molar-refractivity contribution < 1.29 is 18.7 Å². The molecule has 0 aliphatic carbocycles. The summed E-state index contributed by atoms with van der Waals surface area (Å²) >= 11 is 0. The fourth-order valence-electron chi connectivity index (χ4n) is 3.61. The number of amides is 2. The standard InChI is InChI=1S/C23H27FN2O3/c1-13-8-9-29-21-15(3)14(2)17(12-19(21)23(28)26(13)5)10-16-6-7-18(20(24)11-16)22(27)25-4/h6-7,11-13H,8-10H2,1-5H3,(H,25,27)/t13-/m1/s1. The highest BCUT2D eigenvalue weighted by molar-refractivity contribution is 5.98. The zero-order chi connectivity index (χ0) is 21.3. The molecule has 0 saturated carbocycles. The molecule has 2 aromatic rings. The summed E-state index contributed by atoms with van der Waals surface area (Å²) in [5.74, 6) is -0.452. The quantitative estimate of drug-likeness (QED) is 0.859. The number of ether oxygens (including phenoxy) is 1. The molecule has 29 heavy (non-hydrogen) atoms. The predicted octanol–water partition coefficient (Wildman–Crippen LogP) is 3.64. The van der Waals surface area contributed by atoms with Crippen molar-refractivity contribution >= 4 is 11.8 Å². The van der Waals surface area contributed by atoms with Crippen LogP contribution in [0.4, 0.5) is 4.39 Å². The first kappa shape index (κ1) is 20.8. The molecule has 0 saturated heterocycles. The van der Waals surface area contributed by atoms with Crippen LogP contribution in [-0.2, 0) is 6.42 Å². The smallest absolute Gasteiger partial charge is 0.257 e. The van der Waals surface area contributed by atoms with Gasteiger partial charge in [-0.1, -0.05) is 6.07 Å². The minimum absolute atomic E-state index is 0.0153. The van der Waals surface area contributed by atoms with Crippen LogP contribution in [0.3, 0.4) is 0 Å². The van der Waals surface area contributed by atoms with E-state index < -0.39 is 11.7 Å². The van der Waals surface area contributed by atoms with Crippen LogP contribution in [0.2, 0.25) is 0 Å². The fourth-order valence-corrected chi connectivity index (χ4v) is 3.61. The van der Waals surface area contributed by atoms with Crippen LogP contribution < -0.4 is 10.1 Å². The van der Waals surface area contributed by atoms with Crippen LogP contribution in [0.1, 0.15) is 56.3 Å². The third kappa shape index (κ3) is 3.97. The van der Waals surface area contributed by atoms with Gasteiger partial charge in [0.15, 0.2) is 0 Å². The third-order valence-electron chi connectivity index (χ3n) is 5.84. The number of nitrogens with one attached hydrogen (secondary N) is 1. The molecule has 0 radical (unpaired) electrons. The second kappa shape index (κ2) is 8.23. The van der Waals surface area contributed by atoms with E-state index in [0.717, 1.165) is 28.7 Å². The number of rotatable bonds is 3. The first-order valence-corrected chi connectivity index (χ1v) is 9.78. The van der Waals surface area contributed by atoms with Gasteiger partial charge in [-0.25, -0.2) is 4.39 Å². The molecule has 0 aromatic heterocycles. The number of hydrogen-bond donors (Lipinski definition) is 1. The molecule has 154 valence electrons. The van der Waals surface area contributed by atoms with Crippen molar-refractivity contribution in [3.63, 3.8) is 0 Å². The molecule has 0 fully saturated rings. The molecule has 1 aliphatic heterocycles. The van der Waals surface area contributed by atoms with Gasteiger partial charge in [0.25, 0.3) is 11.8 Å². The summed E-state index contributed by atoms with van der Waals surface area (Å²) in [6.07, 6.45) is 1.23. The molecule has 0 spiro atoms. The molecule has 1 heterocycles. The Balaban J connectivity index is 2.01. The van der Waals surface area contributed by atoms with Crippen molar-refractivity contribution in [3.05, 3.63) is 63.5 Å². The van der Waals surface area contributed by atoms with Crippen molar-refractivity contribution in [1.82, 2.24) is 10.2 Å². The molecule has 2 aromatic carbocycles. The van der Waals surface area contributed by atoms with Gasteiger partial charge in [0.1, 0.15) is 11.6 Å². The molecule has 1 N–H and O–H groups in total. The summed E-state index contributed by atoms with van der Waals surface area (Å²) in [6.45, 7) is 6.49. The molecule has 5 nitrogen and oxygen atoms in total. The fraction of sp³-hybridized carbons (Fsp3) is 0.391. The van der Waals surface area contributed by atoms with E-state index in [1.54, 1.807) is 11.0 Å². The Bertz CT molecular complexity index is 971. The molecular weight excluding hydrogens is 371 g/mol. The van der Waals surface area contributed by atoms with Gasteiger partial charge in [0.2, 0.25) is 0 Å². The van der Waals surface area contributed by atoms with Crippen LogP contribution in [0.5, 0.6) is 5.75 Å². The van der Waals surface area contributed by atoms with Gasteiger partial charge in [0, 0.05) is 26.6 Å². The van der Waals surface area contributed by atoms with E-state index in [4.69, 9.17) is 4.74 Å². The first-order valence-electron chi connectivity index (χ1n) is 9.78. The molecule has 0 bridgehead atoms. The maximum absolute atomic E-state index is 14.4. The third-order valence-corrected chi connectivity index (χ3v) is 5.84. The maximum Gasteiger partial charge on any atom is 0.257 e. The number of halogens is 1. The lowest BCUT2D eigenvalue weighted by molar-refractivity contribution is 0.0699. The van der Waals surface area contributed by atoms with Crippen LogP contribution in [0, 0.1) is 19.7 Å². The summed E-state index contributed by atoms with van der Waals surface area (Å²) in [7, 11) is 3.28. The topological polar surface area (TPSA) is 58.6 Å². The molecular formula is C23H27FN2O3. The Morgan fingerprint density at radius 2 is 2.00 bits per heavy atom. The normalized spacial score (nSPS) is 16.6. The number of benzene rings is 2. The minimum Gasteiger partial charge on any atom is -0.492 e. The Labute approximate surface area is 170 Å². The van der Waals surface area contributed by atoms with Crippen molar-refractivity contribution in [2.24, 2.45) is 0 Å². The Morgan fingerprint density at radius 3 is 2.66 bits per heavy atom. The molecule has 1 atom stereocenters. The average molecular weight is 398 g/mol. The lowest BCUT2D eigenvalue weighted by atomic mass is 9.92. The predicted molar refractivity (Wildman–Crippen MR) is 110 cm³/mol. The van der Waals surface area contributed by atoms with E-state index in [-0.39, 0.29) is 17.5 Å². The highest BCUT2D eigenvalue weighted by atomic mass is 19.1. The maximum atomic E-state index is 14.4. The number of hydrogen-bond acceptors (Lipinski definition) is 3. The van der Waals surface area contributed by atoms with Gasteiger partial charge in [0.05, 0.1) is 17.7 Å². The van der Waals surface area contributed by atoms with Gasteiger partial charge in [-0.2, -0.15) is 0 Å². The van der Waals surface area contributed by atoms with Gasteiger partial charge >= 0.3 is 0 Å². The average Bonchev–Trinajstić information content (AvgIpc) is 2.70. The van der Waals surface area contributed by atoms with E-state index in [1.807, 2.05) is 33.9 Å². The van der Waals surface area contributed by atoms with Crippen LogP contribution in [0.25, 0.3) is 0 Å². The first-order chi connectivity index (χ1) is 13.7. The van der Waals surface area contributed by atoms with Gasteiger partial charge in [-0.15, -0.1) is 0 Å². The molecule has 3 rings (SSSR count). The Hall–Kier alpha value is -2.89. The zero-order valence-corrected chi connectivity index (χ0v) is 17.6.